The van der Waals surface area contributed by atoms with Gasteiger partial charge in [0.05, 0.1) is 16.4 Å². The monoisotopic (exact) mass is 424 g/mol. The fraction of sp³-hybridized carbons (Fsp3) is 0.158. The summed E-state index contributed by atoms with van der Waals surface area (Å²) in [7, 11) is 0. The highest BCUT2D eigenvalue weighted by Gasteiger charge is 2.22. The summed E-state index contributed by atoms with van der Waals surface area (Å²) in [5.74, 6) is 1.91. The standard InChI is InChI=1S/C19H16N6O4S/c1-3-10-24-16(15-5-4-11-28-15)20-23-19(24)30-12(2)17-21-22-18(29-17)13-6-8-14(9-7-13)25(26)27/h3-9,11-12H,1,10H2,2H3. The fourth-order valence-electron chi connectivity index (χ4n) is 2.71. The first-order valence-corrected chi connectivity index (χ1v) is 9.77. The Hall–Kier alpha value is -3.73. The Morgan fingerprint density at radius 2 is 2.03 bits per heavy atom. The van der Waals surface area contributed by atoms with Crippen LogP contribution < -0.4 is 0 Å². The number of benzene rings is 1. The maximum Gasteiger partial charge on any atom is 0.269 e. The van der Waals surface area contributed by atoms with E-state index in [0.717, 1.165) is 0 Å². The molecule has 1 atom stereocenters. The smallest absolute Gasteiger partial charge is 0.269 e. The molecule has 3 heterocycles. The molecule has 4 aromatic rings. The number of hydrogen-bond donors (Lipinski definition) is 0. The Kier molecular flexibility index (Phi) is 5.44. The molecule has 0 aliphatic carbocycles. The van der Waals surface area contributed by atoms with Gasteiger partial charge in [-0.3, -0.25) is 14.7 Å². The van der Waals surface area contributed by atoms with E-state index in [-0.39, 0.29) is 16.8 Å². The fourth-order valence-corrected chi connectivity index (χ4v) is 3.60. The number of rotatable bonds is 8. The van der Waals surface area contributed by atoms with Crippen molar-refractivity contribution in [2.24, 2.45) is 0 Å². The second kappa shape index (κ2) is 8.33. The second-order valence-corrected chi connectivity index (χ2v) is 7.50. The predicted octanol–water partition coefficient (Wildman–Crippen LogP) is 4.54. The van der Waals surface area contributed by atoms with E-state index < -0.39 is 4.92 Å². The molecular formula is C19H16N6O4S. The summed E-state index contributed by atoms with van der Waals surface area (Å²) in [5.41, 5.74) is 0.600. The third kappa shape index (κ3) is 3.87. The summed E-state index contributed by atoms with van der Waals surface area (Å²) in [6.07, 6.45) is 3.33. The van der Waals surface area contributed by atoms with Crippen LogP contribution in [0.25, 0.3) is 23.0 Å². The first-order valence-electron chi connectivity index (χ1n) is 8.89. The largest absolute Gasteiger partial charge is 0.461 e. The molecule has 0 aliphatic heterocycles. The van der Waals surface area contributed by atoms with E-state index in [9.17, 15) is 10.1 Å². The summed E-state index contributed by atoms with van der Waals surface area (Å²) in [6.45, 7) is 6.21. The number of non-ortho nitro benzene ring substituents is 1. The van der Waals surface area contributed by atoms with Crippen LogP contribution in [0.5, 0.6) is 0 Å². The predicted molar refractivity (Wildman–Crippen MR) is 109 cm³/mol. The molecule has 11 heteroatoms. The molecule has 1 aromatic carbocycles. The van der Waals surface area contributed by atoms with Crippen LogP contribution in [0, 0.1) is 10.1 Å². The van der Waals surface area contributed by atoms with Gasteiger partial charge in [-0.05, 0) is 31.2 Å². The Balaban J connectivity index is 1.54. The highest BCUT2D eigenvalue weighted by atomic mass is 32.2. The van der Waals surface area contributed by atoms with Gasteiger partial charge in [0.1, 0.15) is 0 Å². The van der Waals surface area contributed by atoms with Gasteiger partial charge in [-0.25, -0.2) is 0 Å². The number of thioether (sulfide) groups is 1. The minimum Gasteiger partial charge on any atom is -0.461 e. The number of furan rings is 1. The molecule has 4 rings (SSSR count). The van der Waals surface area contributed by atoms with Crippen LogP contribution in [-0.2, 0) is 6.54 Å². The van der Waals surface area contributed by atoms with Crippen LogP contribution in [0.1, 0.15) is 18.1 Å². The van der Waals surface area contributed by atoms with Gasteiger partial charge in [0, 0.05) is 24.2 Å². The average molecular weight is 424 g/mol. The van der Waals surface area contributed by atoms with Crippen LogP contribution in [-0.4, -0.2) is 29.9 Å². The highest BCUT2D eigenvalue weighted by Crippen LogP contribution is 2.36. The number of hydrogen-bond acceptors (Lipinski definition) is 9. The Morgan fingerprint density at radius 1 is 1.23 bits per heavy atom. The summed E-state index contributed by atoms with van der Waals surface area (Å²) >= 11 is 1.41. The Labute approximate surface area is 174 Å². The van der Waals surface area contributed by atoms with E-state index in [1.807, 2.05) is 17.6 Å². The number of nitro benzene ring substituents is 1. The van der Waals surface area contributed by atoms with E-state index in [1.54, 1.807) is 30.5 Å². The lowest BCUT2D eigenvalue weighted by Gasteiger charge is -2.08. The average Bonchev–Trinajstić information content (AvgIpc) is 3.50. The summed E-state index contributed by atoms with van der Waals surface area (Å²) in [4.78, 5) is 10.3. The Morgan fingerprint density at radius 3 is 2.70 bits per heavy atom. The highest BCUT2D eigenvalue weighted by molar-refractivity contribution is 7.99. The topological polar surface area (TPSA) is 126 Å². The first kappa shape index (κ1) is 19.6. The zero-order valence-corrected chi connectivity index (χ0v) is 16.7. The molecule has 30 heavy (non-hydrogen) atoms. The minimum atomic E-state index is -0.460. The SMILES string of the molecule is C=CCn1c(SC(C)c2nnc(-c3ccc([N+](=O)[O-])cc3)o2)nnc1-c1ccco1. The minimum absolute atomic E-state index is 0.00340. The quantitative estimate of drug-likeness (QED) is 0.173. The van der Waals surface area contributed by atoms with E-state index in [0.29, 0.717) is 34.7 Å². The molecule has 0 spiro atoms. The first-order chi connectivity index (χ1) is 14.6. The number of nitrogens with zero attached hydrogens (tertiary/aromatic N) is 6. The van der Waals surface area contributed by atoms with E-state index in [1.165, 1.54) is 23.9 Å². The van der Waals surface area contributed by atoms with Crippen LogP contribution in [0.3, 0.4) is 0 Å². The molecule has 3 aromatic heterocycles. The normalized spacial score (nSPS) is 12.0. The van der Waals surface area contributed by atoms with Crippen molar-refractivity contribution < 1.29 is 13.8 Å². The van der Waals surface area contributed by atoms with Crippen molar-refractivity contribution in [2.45, 2.75) is 23.9 Å². The zero-order valence-electron chi connectivity index (χ0n) is 15.8. The second-order valence-electron chi connectivity index (χ2n) is 6.19. The van der Waals surface area contributed by atoms with Crippen molar-refractivity contribution >= 4 is 17.4 Å². The molecule has 0 saturated carbocycles. The molecule has 152 valence electrons. The number of aromatic nitrogens is 5. The van der Waals surface area contributed by atoms with Crippen LogP contribution in [0.15, 0.2) is 69.3 Å². The third-order valence-corrected chi connectivity index (χ3v) is 5.23. The molecule has 1 unspecified atom stereocenters. The van der Waals surface area contributed by atoms with Crippen LogP contribution >= 0.6 is 11.8 Å². The third-order valence-electron chi connectivity index (χ3n) is 4.17. The van der Waals surface area contributed by atoms with Crippen molar-refractivity contribution in [1.82, 2.24) is 25.0 Å². The maximum absolute atomic E-state index is 10.8. The van der Waals surface area contributed by atoms with Gasteiger partial charge in [0.25, 0.3) is 5.69 Å². The summed E-state index contributed by atoms with van der Waals surface area (Å²) in [6, 6.07) is 9.54. The van der Waals surface area contributed by atoms with E-state index >= 15 is 0 Å². The van der Waals surface area contributed by atoms with Crippen molar-refractivity contribution in [3.8, 4) is 23.0 Å². The van der Waals surface area contributed by atoms with Gasteiger partial charge in [0.2, 0.25) is 17.6 Å². The van der Waals surface area contributed by atoms with E-state index in [4.69, 9.17) is 8.83 Å². The Bertz CT molecular complexity index is 1170. The van der Waals surface area contributed by atoms with Gasteiger partial charge < -0.3 is 8.83 Å². The van der Waals surface area contributed by atoms with Crippen LogP contribution in [0.2, 0.25) is 0 Å². The summed E-state index contributed by atoms with van der Waals surface area (Å²) in [5, 5.41) is 27.9. The summed E-state index contributed by atoms with van der Waals surface area (Å²) < 4.78 is 13.1. The van der Waals surface area contributed by atoms with Gasteiger partial charge in [0.15, 0.2) is 10.9 Å². The molecule has 0 radical (unpaired) electrons. The molecular weight excluding hydrogens is 408 g/mol. The van der Waals surface area contributed by atoms with Gasteiger partial charge in [-0.2, -0.15) is 0 Å². The maximum atomic E-state index is 10.8. The van der Waals surface area contributed by atoms with Gasteiger partial charge >= 0.3 is 0 Å². The molecule has 0 aliphatic rings. The lowest BCUT2D eigenvalue weighted by molar-refractivity contribution is -0.384. The number of allylic oxidation sites excluding steroid dienone is 1. The van der Waals surface area contributed by atoms with Gasteiger partial charge in [-0.15, -0.1) is 27.0 Å². The van der Waals surface area contributed by atoms with Crippen LogP contribution in [0.4, 0.5) is 5.69 Å². The molecule has 0 fully saturated rings. The zero-order chi connectivity index (χ0) is 21.1. The van der Waals surface area contributed by atoms with Crippen molar-refractivity contribution in [1.29, 1.82) is 0 Å². The van der Waals surface area contributed by atoms with Crippen molar-refractivity contribution in [2.75, 3.05) is 0 Å². The lowest BCUT2D eigenvalue weighted by Crippen LogP contribution is -2.01. The number of nitro groups is 1. The van der Waals surface area contributed by atoms with Crippen molar-refractivity contribution in [3.05, 3.63) is 71.3 Å². The molecule has 10 nitrogen and oxygen atoms in total. The van der Waals surface area contributed by atoms with Crippen molar-refractivity contribution in [3.63, 3.8) is 0 Å². The van der Waals surface area contributed by atoms with E-state index in [2.05, 4.69) is 27.0 Å². The molecule has 0 N–H and O–H groups in total. The molecule has 0 bridgehead atoms. The lowest BCUT2D eigenvalue weighted by atomic mass is 10.2. The van der Waals surface area contributed by atoms with Gasteiger partial charge in [-0.1, -0.05) is 17.8 Å². The molecule has 0 saturated heterocycles. The molecule has 0 amide bonds.